The van der Waals surface area contributed by atoms with Crippen molar-refractivity contribution in [2.45, 2.75) is 30.4 Å². The molecule has 122 valence electrons. The quantitative estimate of drug-likeness (QED) is 0.480. The first kappa shape index (κ1) is 17.1. The molecule has 23 heavy (non-hydrogen) atoms. The minimum atomic E-state index is -3.86. The highest BCUT2D eigenvalue weighted by Crippen LogP contribution is 2.28. The molecule has 0 aromatic heterocycles. The molecule has 0 spiro atoms. The average molecular weight is 333 g/mol. The van der Waals surface area contributed by atoms with Crippen molar-refractivity contribution in [2.24, 2.45) is 0 Å². The number of piperidine rings is 1. The molecular weight excluding hydrogens is 314 g/mol. The third-order valence-corrected chi connectivity index (χ3v) is 5.90. The third kappa shape index (κ3) is 3.12. The number of sulfone groups is 1. The fourth-order valence-corrected chi connectivity index (χ4v) is 4.14. The Bertz CT molecular complexity index is 775. The monoisotopic (exact) mass is 333 g/mol. The van der Waals surface area contributed by atoms with Gasteiger partial charge in [0.2, 0.25) is 5.91 Å². The number of carbonyl (C=O) groups is 2. The van der Waals surface area contributed by atoms with Crippen LogP contribution in [0.3, 0.4) is 0 Å². The summed E-state index contributed by atoms with van der Waals surface area (Å²) >= 11 is 0. The van der Waals surface area contributed by atoms with Crippen LogP contribution in [0.4, 0.5) is 0 Å². The molecule has 2 amide bonds. The SMILES string of the molecule is C=CCN1C(=O)/C(=C/C)CC(S(=O)(=O)c2ccc(C)cc2)C1=O. The second kappa shape index (κ2) is 6.50. The van der Waals surface area contributed by atoms with E-state index in [0.717, 1.165) is 10.5 Å². The van der Waals surface area contributed by atoms with Crippen molar-refractivity contribution >= 4 is 21.7 Å². The van der Waals surface area contributed by atoms with Crippen LogP contribution >= 0.6 is 0 Å². The lowest BCUT2D eigenvalue weighted by Gasteiger charge is -2.31. The van der Waals surface area contributed by atoms with Crippen LogP contribution in [0.15, 0.2) is 53.5 Å². The molecule has 0 bridgehead atoms. The van der Waals surface area contributed by atoms with Gasteiger partial charge >= 0.3 is 0 Å². The highest BCUT2D eigenvalue weighted by Gasteiger charge is 2.44. The fraction of sp³-hybridized carbons (Fsp3) is 0.294. The van der Waals surface area contributed by atoms with Crippen molar-refractivity contribution in [3.05, 3.63) is 54.1 Å². The largest absolute Gasteiger partial charge is 0.274 e. The number of rotatable bonds is 4. The van der Waals surface area contributed by atoms with Crippen molar-refractivity contribution < 1.29 is 18.0 Å². The van der Waals surface area contributed by atoms with Crippen LogP contribution in [0, 0.1) is 6.92 Å². The number of nitrogens with zero attached hydrogens (tertiary/aromatic N) is 1. The second-order valence-electron chi connectivity index (χ2n) is 5.41. The van der Waals surface area contributed by atoms with Crippen LogP contribution in [0.25, 0.3) is 0 Å². The Balaban J connectivity index is 2.48. The number of aryl methyl sites for hydroxylation is 1. The first-order chi connectivity index (χ1) is 10.8. The first-order valence-electron chi connectivity index (χ1n) is 7.25. The number of benzene rings is 1. The van der Waals surface area contributed by atoms with Crippen molar-refractivity contribution in [1.29, 1.82) is 0 Å². The molecule has 0 saturated carbocycles. The first-order valence-corrected chi connectivity index (χ1v) is 8.80. The zero-order valence-corrected chi connectivity index (χ0v) is 14.0. The molecule has 0 aliphatic carbocycles. The lowest BCUT2D eigenvalue weighted by molar-refractivity contribution is -0.143. The number of imide groups is 1. The standard InChI is InChI=1S/C17H19NO4S/c1-4-10-18-16(19)13(5-2)11-15(17(18)20)23(21,22)14-8-6-12(3)7-9-14/h4-9,15H,1,10-11H2,2-3H3/b13-5+. The highest BCUT2D eigenvalue weighted by atomic mass is 32.2. The minimum absolute atomic E-state index is 0.00504. The van der Waals surface area contributed by atoms with E-state index in [1.54, 1.807) is 25.1 Å². The molecule has 1 unspecified atom stereocenters. The summed E-state index contributed by atoms with van der Waals surface area (Å²) in [4.78, 5) is 25.8. The van der Waals surface area contributed by atoms with Crippen LogP contribution in [0.5, 0.6) is 0 Å². The Labute approximate surface area is 136 Å². The van der Waals surface area contributed by atoms with E-state index >= 15 is 0 Å². The molecular formula is C17H19NO4S. The highest BCUT2D eigenvalue weighted by molar-refractivity contribution is 7.92. The molecule has 1 aliphatic rings. The van der Waals surface area contributed by atoms with Crippen molar-refractivity contribution in [3.8, 4) is 0 Å². The van der Waals surface area contributed by atoms with Gasteiger partial charge in [0.15, 0.2) is 9.84 Å². The van der Waals surface area contributed by atoms with Crippen LogP contribution in [0.1, 0.15) is 18.9 Å². The van der Waals surface area contributed by atoms with Gasteiger partial charge in [-0.15, -0.1) is 6.58 Å². The van der Waals surface area contributed by atoms with E-state index in [0.29, 0.717) is 5.57 Å². The molecule has 2 rings (SSSR count). The normalized spacial score (nSPS) is 20.9. The second-order valence-corrected chi connectivity index (χ2v) is 7.54. The van der Waals surface area contributed by atoms with Gasteiger partial charge in [-0.25, -0.2) is 8.42 Å². The van der Waals surface area contributed by atoms with Gasteiger partial charge in [0.05, 0.1) is 4.90 Å². The number of carbonyl (C=O) groups excluding carboxylic acids is 2. The summed E-state index contributed by atoms with van der Waals surface area (Å²) in [7, 11) is -3.86. The molecule has 1 aliphatic heterocycles. The van der Waals surface area contributed by atoms with Crippen LogP contribution in [-0.2, 0) is 19.4 Å². The third-order valence-electron chi connectivity index (χ3n) is 3.85. The summed E-state index contributed by atoms with van der Waals surface area (Å²) in [6, 6.07) is 6.34. The lowest BCUT2D eigenvalue weighted by Crippen LogP contribution is -2.51. The molecule has 1 saturated heterocycles. The molecule has 1 atom stereocenters. The van der Waals surface area contributed by atoms with Gasteiger partial charge in [0.1, 0.15) is 5.25 Å². The van der Waals surface area contributed by atoms with Crippen LogP contribution < -0.4 is 0 Å². The summed E-state index contributed by atoms with van der Waals surface area (Å²) in [5, 5.41) is -1.28. The zero-order valence-electron chi connectivity index (χ0n) is 13.2. The van der Waals surface area contributed by atoms with E-state index in [4.69, 9.17) is 0 Å². The van der Waals surface area contributed by atoms with E-state index in [2.05, 4.69) is 6.58 Å². The maximum absolute atomic E-state index is 12.8. The lowest BCUT2D eigenvalue weighted by atomic mass is 10.0. The number of likely N-dealkylation sites (tertiary alicyclic amines) is 1. The molecule has 1 aromatic rings. The molecule has 1 fully saturated rings. The maximum atomic E-state index is 12.8. The number of amides is 2. The Hall–Kier alpha value is -2.21. The van der Waals surface area contributed by atoms with E-state index in [-0.39, 0.29) is 17.9 Å². The Morgan fingerprint density at radius 1 is 1.26 bits per heavy atom. The summed E-state index contributed by atoms with van der Waals surface area (Å²) in [6.07, 6.45) is 2.87. The van der Waals surface area contributed by atoms with Crippen molar-refractivity contribution in [1.82, 2.24) is 4.90 Å². The van der Waals surface area contributed by atoms with Crippen molar-refractivity contribution in [2.75, 3.05) is 6.54 Å². The van der Waals surface area contributed by atoms with E-state index in [9.17, 15) is 18.0 Å². The van der Waals surface area contributed by atoms with Crippen molar-refractivity contribution in [3.63, 3.8) is 0 Å². The summed E-state index contributed by atoms with van der Waals surface area (Å²) < 4.78 is 25.6. The molecule has 0 N–H and O–H groups in total. The topological polar surface area (TPSA) is 71.5 Å². The molecule has 5 nitrogen and oxygen atoms in total. The van der Waals surface area contributed by atoms with Gasteiger partial charge in [0.25, 0.3) is 5.91 Å². The van der Waals surface area contributed by atoms with Gasteiger partial charge in [-0.1, -0.05) is 29.8 Å². The number of allylic oxidation sites excluding steroid dienone is 1. The molecule has 1 heterocycles. The fourth-order valence-electron chi connectivity index (χ4n) is 2.50. The number of hydrogen-bond acceptors (Lipinski definition) is 4. The molecule has 0 radical (unpaired) electrons. The summed E-state index contributed by atoms with van der Waals surface area (Å²) in [5.41, 5.74) is 1.25. The maximum Gasteiger partial charge on any atom is 0.256 e. The van der Waals surface area contributed by atoms with Gasteiger partial charge in [-0.2, -0.15) is 0 Å². The Morgan fingerprint density at radius 2 is 1.87 bits per heavy atom. The smallest absolute Gasteiger partial charge is 0.256 e. The van der Waals surface area contributed by atoms with Gasteiger partial charge in [-0.05, 0) is 26.0 Å². The van der Waals surface area contributed by atoms with E-state index in [1.807, 2.05) is 6.92 Å². The number of hydrogen-bond donors (Lipinski definition) is 0. The summed E-state index contributed by atoms with van der Waals surface area (Å²) in [6.45, 7) is 7.02. The summed E-state index contributed by atoms with van der Waals surface area (Å²) in [5.74, 6) is -1.14. The van der Waals surface area contributed by atoms with Crippen LogP contribution in [-0.4, -0.2) is 36.9 Å². The zero-order chi connectivity index (χ0) is 17.2. The Kier molecular flexibility index (Phi) is 4.85. The van der Waals surface area contributed by atoms with E-state index < -0.39 is 26.9 Å². The Morgan fingerprint density at radius 3 is 2.39 bits per heavy atom. The van der Waals surface area contributed by atoms with Gasteiger partial charge < -0.3 is 0 Å². The molecule has 6 heteroatoms. The van der Waals surface area contributed by atoms with Gasteiger partial charge in [-0.3, -0.25) is 14.5 Å². The predicted octanol–water partition coefficient (Wildman–Crippen LogP) is 2.03. The van der Waals surface area contributed by atoms with Gasteiger partial charge in [0, 0.05) is 18.5 Å². The average Bonchev–Trinajstić information content (AvgIpc) is 2.52. The van der Waals surface area contributed by atoms with Crippen LogP contribution in [0.2, 0.25) is 0 Å². The predicted molar refractivity (Wildman–Crippen MR) is 87.4 cm³/mol. The van der Waals surface area contributed by atoms with E-state index in [1.165, 1.54) is 18.2 Å². The molecule has 1 aromatic carbocycles. The minimum Gasteiger partial charge on any atom is -0.274 e.